The van der Waals surface area contributed by atoms with Crippen LogP contribution in [-0.2, 0) is 4.79 Å². The number of hydrogen-bond donors (Lipinski definition) is 1. The van der Waals surface area contributed by atoms with E-state index in [-0.39, 0.29) is 17.9 Å². The lowest BCUT2D eigenvalue weighted by Crippen LogP contribution is -2.41. The largest absolute Gasteiger partial charge is 0.496 e. The molecule has 0 saturated heterocycles. The van der Waals surface area contributed by atoms with Gasteiger partial charge in [0.2, 0.25) is 11.8 Å². The molecule has 2 aromatic carbocycles. The number of aromatic nitrogens is 1. The molecule has 0 atom stereocenters. The van der Waals surface area contributed by atoms with E-state index in [4.69, 9.17) is 9.15 Å². The van der Waals surface area contributed by atoms with Gasteiger partial charge in [0.25, 0.3) is 0 Å². The van der Waals surface area contributed by atoms with Crippen molar-refractivity contribution in [3.8, 4) is 17.2 Å². The van der Waals surface area contributed by atoms with E-state index in [1.54, 1.807) is 13.4 Å². The second-order valence-corrected chi connectivity index (χ2v) is 11.2. The van der Waals surface area contributed by atoms with Crippen molar-refractivity contribution in [2.24, 2.45) is 11.8 Å². The van der Waals surface area contributed by atoms with Gasteiger partial charge in [-0.25, -0.2) is 4.98 Å². The van der Waals surface area contributed by atoms with Gasteiger partial charge in [-0.3, -0.25) is 4.79 Å². The van der Waals surface area contributed by atoms with Crippen LogP contribution in [0.25, 0.3) is 11.5 Å². The molecule has 1 aromatic heterocycles. The van der Waals surface area contributed by atoms with E-state index in [2.05, 4.69) is 30.1 Å². The van der Waals surface area contributed by atoms with Gasteiger partial charge in [0.15, 0.2) is 0 Å². The van der Waals surface area contributed by atoms with Crippen LogP contribution in [-0.4, -0.2) is 35.8 Å². The van der Waals surface area contributed by atoms with E-state index in [0.29, 0.717) is 30.6 Å². The Labute approximate surface area is 226 Å². The molecule has 5 rings (SSSR count). The fraction of sp³-hybridized carbons (Fsp3) is 0.500. The zero-order valence-corrected chi connectivity index (χ0v) is 22.9. The molecule has 6 nitrogen and oxygen atoms in total. The number of aliphatic hydroxyl groups excluding tert-OH is 1. The van der Waals surface area contributed by atoms with Gasteiger partial charge in [0.1, 0.15) is 12.0 Å². The second kappa shape index (κ2) is 11.7. The molecule has 3 aromatic rings. The number of carbonyl (C=O) groups excluding carboxylic acids is 1. The van der Waals surface area contributed by atoms with Gasteiger partial charge in [-0.15, -0.1) is 0 Å². The van der Waals surface area contributed by atoms with E-state index < -0.39 is 0 Å². The Morgan fingerprint density at radius 3 is 2.45 bits per heavy atom. The first-order valence-electron chi connectivity index (χ1n) is 14.1. The molecular weight excluding hydrogens is 476 g/mol. The molecular formula is C32H40N2O4. The molecule has 1 N–H and O–H groups in total. The lowest BCUT2D eigenvalue weighted by molar-refractivity contribution is -0.124. The van der Waals surface area contributed by atoms with Crippen molar-refractivity contribution in [3.63, 3.8) is 0 Å². The van der Waals surface area contributed by atoms with Crippen LogP contribution >= 0.6 is 0 Å². The molecule has 1 amide bonds. The Hall–Kier alpha value is -3.12. The Bertz CT molecular complexity index is 1240. The smallest absolute Gasteiger partial charge is 0.230 e. The lowest BCUT2D eigenvalue weighted by atomic mass is 9.78. The molecule has 2 aliphatic carbocycles. The highest BCUT2D eigenvalue weighted by molar-refractivity contribution is 5.95. The fourth-order valence-electron chi connectivity index (χ4n) is 6.25. The fourth-order valence-corrected chi connectivity index (χ4v) is 6.25. The van der Waals surface area contributed by atoms with E-state index in [9.17, 15) is 9.90 Å². The normalized spacial score (nSPS) is 23.7. The van der Waals surface area contributed by atoms with Crippen LogP contribution in [0.4, 0.5) is 5.69 Å². The predicted molar refractivity (Wildman–Crippen MR) is 149 cm³/mol. The third-order valence-electron chi connectivity index (χ3n) is 8.51. The van der Waals surface area contributed by atoms with Crippen LogP contribution in [0.15, 0.2) is 53.1 Å². The molecule has 2 aliphatic rings. The summed E-state index contributed by atoms with van der Waals surface area (Å²) < 4.78 is 11.1. The average molecular weight is 517 g/mol. The number of amides is 1. The molecule has 0 unspecified atom stereocenters. The molecule has 1 heterocycles. The third kappa shape index (κ3) is 5.96. The van der Waals surface area contributed by atoms with E-state index in [0.717, 1.165) is 67.8 Å². The first kappa shape index (κ1) is 26.5. The second-order valence-electron chi connectivity index (χ2n) is 11.2. The summed E-state index contributed by atoms with van der Waals surface area (Å²) in [5.74, 6) is 2.67. The molecule has 2 saturated carbocycles. The topological polar surface area (TPSA) is 75.8 Å². The number of methoxy groups -OCH3 is 1. The summed E-state index contributed by atoms with van der Waals surface area (Å²) in [5.41, 5.74) is 5.20. The molecule has 202 valence electrons. The van der Waals surface area contributed by atoms with E-state index >= 15 is 0 Å². The number of rotatable bonds is 7. The van der Waals surface area contributed by atoms with Gasteiger partial charge in [-0.1, -0.05) is 18.2 Å². The Morgan fingerprint density at radius 2 is 1.79 bits per heavy atom. The number of aryl methyl sites for hydroxylation is 2. The van der Waals surface area contributed by atoms with Crippen molar-refractivity contribution in [1.29, 1.82) is 0 Å². The van der Waals surface area contributed by atoms with Crippen LogP contribution in [0.1, 0.15) is 74.1 Å². The number of benzene rings is 2. The molecule has 0 aliphatic heterocycles. The zero-order chi connectivity index (χ0) is 26.6. The molecule has 2 fully saturated rings. The van der Waals surface area contributed by atoms with Crippen molar-refractivity contribution < 1.29 is 19.1 Å². The number of hydrogen-bond acceptors (Lipinski definition) is 5. The van der Waals surface area contributed by atoms with Gasteiger partial charge in [-0.05, 0) is 112 Å². The van der Waals surface area contributed by atoms with Crippen LogP contribution < -0.4 is 9.64 Å². The lowest BCUT2D eigenvalue weighted by Gasteiger charge is -2.36. The molecule has 0 bridgehead atoms. The predicted octanol–water partition coefficient (Wildman–Crippen LogP) is 6.83. The number of anilines is 1. The van der Waals surface area contributed by atoms with Gasteiger partial charge in [0, 0.05) is 23.7 Å². The third-order valence-corrected chi connectivity index (χ3v) is 8.51. The SMILES string of the molecule is COc1ccc([C@H]2CC[C@H](CN(c3cccc(-c4nc(C)co4)c3)C(=O)[C@H]3CC[C@H](O)CC3)CC2)cc1C. The number of oxazole rings is 1. The van der Waals surface area contributed by atoms with Gasteiger partial charge < -0.3 is 19.2 Å². The molecule has 0 radical (unpaired) electrons. The summed E-state index contributed by atoms with van der Waals surface area (Å²) in [5, 5.41) is 10.0. The monoisotopic (exact) mass is 516 g/mol. The van der Waals surface area contributed by atoms with E-state index in [1.807, 2.05) is 36.1 Å². The summed E-state index contributed by atoms with van der Waals surface area (Å²) in [6.45, 7) is 4.74. The number of nitrogens with zero attached hydrogens (tertiary/aromatic N) is 2. The molecule has 0 spiro atoms. The minimum Gasteiger partial charge on any atom is -0.496 e. The highest BCUT2D eigenvalue weighted by Gasteiger charge is 2.32. The van der Waals surface area contributed by atoms with Crippen LogP contribution in [0, 0.1) is 25.7 Å². The molecule has 6 heteroatoms. The summed E-state index contributed by atoms with van der Waals surface area (Å²) in [6, 6.07) is 14.6. The maximum absolute atomic E-state index is 13.9. The van der Waals surface area contributed by atoms with Crippen molar-refractivity contribution in [2.45, 2.75) is 77.2 Å². The van der Waals surface area contributed by atoms with Crippen molar-refractivity contribution in [2.75, 3.05) is 18.6 Å². The van der Waals surface area contributed by atoms with Gasteiger partial charge in [-0.2, -0.15) is 0 Å². The maximum Gasteiger partial charge on any atom is 0.230 e. The van der Waals surface area contributed by atoms with E-state index in [1.165, 1.54) is 11.1 Å². The number of aliphatic hydroxyl groups is 1. The standard InChI is InChI=1S/C32H40N2O4/c1-21-17-26(13-16-30(21)37-3)24-9-7-23(8-10-24)19-34(32(36)25-11-14-29(35)15-12-25)28-6-4-5-27(18-28)31-33-22(2)20-38-31/h4-6,13,16-18,20,23-25,29,35H,7-12,14-15,19H2,1-3H3/t23-,24-,25-,29-. The zero-order valence-electron chi connectivity index (χ0n) is 22.9. The average Bonchev–Trinajstić information content (AvgIpc) is 3.38. The highest BCUT2D eigenvalue weighted by Crippen LogP contribution is 2.39. The van der Waals surface area contributed by atoms with Crippen molar-refractivity contribution in [3.05, 3.63) is 65.5 Å². The summed E-state index contributed by atoms with van der Waals surface area (Å²) >= 11 is 0. The van der Waals surface area contributed by atoms with Crippen molar-refractivity contribution in [1.82, 2.24) is 4.98 Å². The summed E-state index contributed by atoms with van der Waals surface area (Å²) in [7, 11) is 1.72. The minimum absolute atomic E-state index is 0.0374. The van der Waals surface area contributed by atoms with Crippen LogP contribution in [0.2, 0.25) is 0 Å². The molecule has 38 heavy (non-hydrogen) atoms. The summed E-state index contributed by atoms with van der Waals surface area (Å²) in [4.78, 5) is 20.4. The Balaban J connectivity index is 1.32. The number of ether oxygens (including phenoxy) is 1. The Kier molecular flexibility index (Phi) is 8.18. The maximum atomic E-state index is 13.9. The Morgan fingerprint density at radius 1 is 1.03 bits per heavy atom. The first-order valence-corrected chi connectivity index (χ1v) is 14.1. The first-order chi connectivity index (χ1) is 18.4. The van der Waals surface area contributed by atoms with Crippen LogP contribution in [0.3, 0.4) is 0 Å². The van der Waals surface area contributed by atoms with Crippen LogP contribution in [0.5, 0.6) is 5.75 Å². The minimum atomic E-state index is -0.277. The summed E-state index contributed by atoms with van der Waals surface area (Å²) in [6.07, 6.45) is 8.73. The van der Waals surface area contributed by atoms with Crippen molar-refractivity contribution >= 4 is 11.6 Å². The highest BCUT2D eigenvalue weighted by atomic mass is 16.5. The van der Waals surface area contributed by atoms with Gasteiger partial charge >= 0.3 is 0 Å². The van der Waals surface area contributed by atoms with Gasteiger partial charge in [0.05, 0.1) is 18.9 Å². The number of carbonyl (C=O) groups is 1. The quantitative estimate of drug-likeness (QED) is 0.373.